The molecule has 4 aliphatic carbocycles. The molecule has 1 aliphatic heterocycles. The third-order valence-corrected chi connectivity index (χ3v) is 10.0. The van der Waals surface area contributed by atoms with E-state index in [4.69, 9.17) is 0 Å². The Morgan fingerprint density at radius 1 is 1.00 bits per heavy atom. The highest BCUT2D eigenvalue weighted by Crippen LogP contribution is 2.60. The van der Waals surface area contributed by atoms with Crippen LogP contribution in [-0.4, -0.2) is 56.1 Å². The van der Waals surface area contributed by atoms with Crippen LogP contribution in [0.2, 0.25) is 0 Å². The minimum atomic E-state index is -3.51. The molecule has 1 atom stereocenters. The zero-order valence-electron chi connectivity index (χ0n) is 18.9. The van der Waals surface area contributed by atoms with Gasteiger partial charge < -0.3 is 10.2 Å². The van der Waals surface area contributed by atoms with E-state index in [9.17, 15) is 18.0 Å². The van der Waals surface area contributed by atoms with E-state index in [0.29, 0.717) is 36.4 Å². The lowest BCUT2D eigenvalue weighted by Crippen LogP contribution is -2.56. The van der Waals surface area contributed by atoms with Gasteiger partial charge in [-0.25, -0.2) is 12.7 Å². The average molecular weight is 460 g/mol. The van der Waals surface area contributed by atoms with Crippen molar-refractivity contribution >= 4 is 27.5 Å². The minimum Gasteiger partial charge on any atom is -0.330 e. The number of carbonyl (C=O) groups excluding carboxylic acids is 2. The molecule has 0 radical (unpaired) electrons. The van der Waals surface area contributed by atoms with E-state index in [0.717, 1.165) is 30.0 Å². The number of nitrogens with zero attached hydrogens (tertiary/aromatic N) is 2. The smallest absolute Gasteiger partial charge is 0.247 e. The van der Waals surface area contributed by atoms with E-state index in [-0.39, 0.29) is 22.1 Å². The van der Waals surface area contributed by atoms with Crippen molar-refractivity contribution in [1.29, 1.82) is 0 Å². The first-order valence-electron chi connectivity index (χ1n) is 11.8. The number of likely N-dealkylation sites (tertiary alicyclic amines) is 1. The highest BCUT2D eigenvalue weighted by Gasteiger charge is 2.56. The Bertz CT molecular complexity index is 983. The maximum absolute atomic E-state index is 13.8. The predicted octanol–water partition coefficient (Wildman–Crippen LogP) is 3.08. The number of amides is 2. The van der Waals surface area contributed by atoms with Crippen molar-refractivity contribution in [3.63, 3.8) is 0 Å². The summed E-state index contributed by atoms with van der Waals surface area (Å²) in [6.45, 7) is 0.651. The van der Waals surface area contributed by atoms with Crippen molar-refractivity contribution in [3.8, 4) is 0 Å². The quantitative estimate of drug-likeness (QED) is 0.733. The summed E-state index contributed by atoms with van der Waals surface area (Å²) in [5.74, 6) is 2.11. The molecule has 2 amide bonds. The van der Waals surface area contributed by atoms with Gasteiger partial charge in [0.15, 0.2) is 0 Å². The highest BCUT2D eigenvalue weighted by molar-refractivity contribution is 7.89. The first kappa shape index (κ1) is 21.9. The van der Waals surface area contributed by atoms with E-state index in [1.807, 2.05) is 4.90 Å². The summed E-state index contributed by atoms with van der Waals surface area (Å²) in [5.41, 5.74) is 0.307. The van der Waals surface area contributed by atoms with Crippen LogP contribution < -0.4 is 5.32 Å². The Balaban J connectivity index is 1.29. The minimum absolute atomic E-state index is 0.177. The number of benzene rings is 1. The van der Waals surface area contributed by atoms with Crippen LogP contribution in [0.3, 0.4) is 0 Å². The molecule has 4 saturated carbocycles. The molecule has 1 heterocycles. The first-order valence-corrected chi connectivity index (χ1v) is 13.3. The molecule has 7 nitrogen and oxygen atoms in total. The SMILES string of the molecule is CN(C)S(=O)(=O)c1ccc(NC(=O)[C@H]2CCCN2C(=O)C23CC4CC(CC(C4)C2)C3)cc1. The van der Waals surface area contributed by atoms with E-state index in [1.54, 1.807) is 12.1 Å². The summed E-state index contributed by atoms with van der Waals surface area (Å²) in [4.78, 5) is 28.9. The van der Waals surface area contributed by atoms with Crippen molar-refractivity contribution in [2.45, 2.75) is 62.3 Å². The second-order valence-electron chi connectivity index (χ2n) is 10.7. The number of sulfonamides is 1. The van der Waals surface area contributed by atoms with E-state index >= 15 is 0 Å². The summed E-state index contributed by atoms with van der Waals surface area (Å²) in [7, 11) is -0.539. The van der Waals surface area contributed by atoms with E-state index in [1.165, 1.54) is 45.5 Å². The Morgan fingerprint density at radius 3 is 2.09 bits per heavy atom. The van der Waals surface area contributed by atoms with Crippen LogP contribution >= 0.6 is 0 Å². The molecular formula is C24H33N3O4S. The van der Waals surface area contributed by atoms with E-state index in [2.05, 4.69) is 5.32 Å². The number of carbonyl (C=O) groups is 2. The van der Waals surface area contributed by atoms with Crippen molar-refractivity contribution in [2.75, 3.05) is 26.0 Å². The molecular weight excluding hydrogens is 426 g/mol. The van der Waals surface area contributed by atoms with Crippen LogP contribution in [0.5, 0.6) is 0 Å². The fraction of sp³-hybridized carbons (Fsp3) is 0.667. The summed E-state index contributed by atoms with van der Waals surface area (Å²) in [5, 5.41) is 2.91. The first-order chi connectivity index (χ1) is 15.2. The van der Waals surface area contributed by atoms with Gasteiger partial charge in [0.25, 0.3) is 0 Å². The second-order valence-corrected chi connectivity index (χ2v) is 12.8. The fourth-order valence-electron chi connectivity index (χ4n) is 7.11. The highest BCUT2D eigenvalue weighted by atomic mass is 32.2. The average Bonchev–Trinajstić information content (AvgIpc) is 3.22. The van der Waals surface area contributed by atoms with Gasteiger partial charge in [0.2, 0.25) is 21.8 Å². The lowest BCUT2D eigenvalue weighted by molar-refractivity contribution is -0.160. The number of anilines is 1. The summed E-state index contributed by atoms with van der Waals surface area (Å²) >= 11 is 0. The van der Waals surface area contributed by atoms with Gasteiger partial charge in [-0.05, 0) is 93.4 Å². The lowest BCUT2D eigenvalue weighted by Gasteiger charge is -2.56. The molecule has 0 aromatic heterocycles. The molecule has 1 aromatic rings. The number of hydrogen-bond donors (Lipinski definition) is 1. The molecule has 1 aromatic carbocycles. The molecule has 32 heavy (non-hydrogen) atoms. The normalized spacial score (nSPS) is 33.7. The standard InChI is InChI=1S/C24H33N3O4S/c1-26(2)32(30,31)20-7-5-19(6-8-20)25-22(28)21-4-3-9-27(21)23(29)24-13-16-10-17(14-24)12-18(11-16)15-24/h5-8,16-18,21H,3-4,9-15H2,1-2H3,(H,25,28)/t16?,17?,18?,21-,24?/m1/s1. The molecule has 6 rings (SSSR count). The van der Waals surface area contributed by atoms with Crippen LogP contribution in [0.15, 0.2) is 29.2 Å². The topological polar surface area (TPSA) is 86.8 Å². The molecule has 8 heteroatoms. The van der Waals surface area contributed by atoms with Gasteiger partial charge in [0, 0.05) is 26.3 Å². The van der Waals surface area contributed by atoms with Gasteiger partial charge in [0.1, 0.15) is 6.04 Å². The molecule has 0 unspecified atom stereocenters. The molecule has 5 aliphatic rings. The third-order valence-electron chi connectivity index (χ3n) is 8.21. The molecule has 5 fully saturated rings. The zero-order valence-corrected chi connectivity index (χ0v) is 19.7. The van der Waals surface area contributed by atoms with E-state index < -0.39 is 16.1 Å². The van der Waals surface area contributed by atoms with Gasteiger partial charge in [-0.3, -0.25) is 9.59 Å². The molecule has 1 saturated heterocycles. The number of rotatable bonds is 5. The maximum Gasteiger partial charge on any atom is 0.247 e. The molecule has 1 N–H and O–H groups in total. The lowest BCUT2D eigenvalue weighted by atomic mass is 9.49. The van der Waals surface area contributed by atoms with Crippen molar-refractivity contribution < 1.29 is 18.0 Å². The number of hydrogen-bond acceptors (Lipinski definition) is 4. The predicted molar refractivity (Wildman–Crippen MR) is 121 cm³/mol. The van der Waals surface area contributed by atoms with Crippen molar-refractivity contribution in [2.24, 2.45) is 23.2 Å². The number of nitrogens with one attached hydrogen (secondary N) is 1. The van der Waals surface area contributed by atoms with Crippen LogP contribution in [0.25, 0.3) is 0 Å². The van der Waals surface area contributed by atoms with Gasteiger partial charge in [-0.2, -0.15) is 0 Å². The largest absolute Gasteiger partial charge is 0.330 e. The third kappa shape index (κ3) is 3.65. The Kier molecular flexibility index (Phi) is 5.36. The van der Waals surface area contributed by atoms with Gasteiger partial charge >= 0.3 is 0 Å². The Morgan fingerprint density at radius 2 is 1.56 bits per heavy atom. The van der Waals surface area contributed by atoms with Crippen LogP contribution in [0, 0.1) is 23.2 Å². The second kappa shape index (κ2) is 7.83. The van der Waals surface area contributed by atoms with Crippen LogP contribution in [0.4, 0.5) is 5.69 Å². The van der Waals surface area contributed by atoms with Crippen LogP contribution in [-0.2, 0) is 19.6 Å². The van der Waals surface area contributed by atoms with Gasteiger partial charge in [-0.1, -0.05) is 0 Å². The molecule has 174 valence electrons. The van der Waals surface area contributed by atoms with Gasteiger partial charge in [0.05, 0.1) is 10.3 Å². The van der Waals surface area contributed by atoms with Crippen molar-refractivity contribution in [3.05, 3.63) is 24.3 Å². The summed E-state index contributed by atoms with van der Waals surface area (Å²) in [6.07, 6.45) is 8.40. The Labute approximate surface area is 190 Å². The molecule has 0 spiro atoms. The maximum atomic E-state index is 13.8. The van der Waals surface area contributed by atoms with Crippen LogP contribution in [0.1, 0.15) is 51.4 Å². The summed E-state index contributed by atoms with van der Waals surface area (Å²) < 4.78 is 25.7. The Hall–Kier alpha value is -1.93. The monoisotopic (exact) mass is 459 g/mol. The fourth-order valence-corrected chi connectivity index (χ4v) is 8.01. The molecule has 4 bridgehead atoms. The van der Waals surface area contributed by atoms with Gasteiger partial charge in [-0.15, -0.1) is 0 Å². The van der Waals surface area contributed by atoms with Crippen molar-refractivity contribution in [1.82, 2.24) is 9.21 Å². The zero-order chi connectivity index (χ0) is 22.7. The summed E-state index contributed by atoms with van der Waals surface area (Å²) in [6, 6.07) is 5.76.